The molecule has 10 rings (SSSR count). The molecule has 1 aromatic heterocycles. The molecule has 2 heterocycles. The molecule has 1 amide bonds. The number of carbonyl (C=O) groups is 1. The summed E-state index contributed by atoms with van der Waals surface area (Å²) in [5, 5.41) is 1.64. The number of aryl methyl sites for hydroxylation is 1. The molecule has 0 N–H and O–H groups in total. The Bertz CT molecular complexity index is 3450. The van der Waals surface area contributed by atoms with Crippen LogP contribution in [0.15, 0.2) is 225 Å². The van der Waals surface area contributed by atoms with Crippen LogP contribution in [0, 0.1) is 6.92 Å². The van der Waals surface area contributed by atoms with Gasteiger partial charge in [0, 0.05) is 40.8 Å². The maximum atomic E-state index is 12.7. The number of pyridine rings is 1. The van der Waals surface area contributed by atoms with Gasteiger partial charge in [0.1, 0.15) is 60.6 Å². The first kappa shape index (κ1) is 71.5. The van der Waals surface area contributed by atoms with E-state index in [0.29, 0.717) is 59.5 Å². The van der Waals surface area contributed by atoms with Gasteiger partial charge in [0.15, 0.2) is 0 Å². The molecule has 9 nitrogen and oxygen atoms in total. The molecule has 15 heteroatoms. The fourth-order valence-corrected chi connectivity index (χ4v) is 8.81. The zero-order valence-electron chi connectivity index (χ0n) is 51.6. The number of ether oxygens (including phenoxy) is 6. The molecule has 9 aromatic rings. The summed E-state index contributed by atoms with van der Waals surface area (Å²) in [5.74, 6) is 5.58. The van der Waals surface area contributed by atoms with Crippen molar-refractivity contribution in [2.75, 3.05) is 18.1 Å². The third-order valence-corrected chi connectivity index (χ3v) is 13.8. The quantitative estimate of drug-likeness (QED) is 0.0584. The van der Waals surface area contributed by atoms with Gasteiger partial charge in [-0.1, -0.05) is 169 Å². The van der Waals surface area contributed by atoms with Crippen LogP contribution in [0.25, 0.3) is 0 Å². The van der Waals surface area contributed by atoms with Crippen molar-refractivity contribution >= 4 is 50.7 Å². The minimum atomic E-state index is -1.37. The predicted molar refractivity (Wildman–Crippen MR) is 360 cm³/mol. The molecule has 468 valence electrons. The van der Waals surface area contributed by atoms with Crippen LogP contribution in [-0.2, 0) is 25.2 Å². The minimum absolute atomic E-state index is 0.105. The second-order valence-electron chi connectivity index (χ2n) is 20.5. The highest BCUT2D eigenvalue weighted by Gasteiger charge is 2.27. The molecule has 0 bridgehead atoms. The van der Waals surface area contributed by atoms with E-state index < -0.39 is 19.2 Å². The Kier molecular flexibility index (Phi) is 31.3. The lowest BCUT2D eigenvalue weighted by Crippen LogP contribution is -2.22. The van der Waals surface area contributed by atoms with Crippen LogP contribution in [0.4, 0.5) is 18.9 Å². The Hall–Kier alpha value is -8.23. The zero-order chi connectivity index (χ0) is 64.5. The number of alkyl halides is 4. The molecule has 0 saturated heterocycles. The average molecular weight is 1320 g/mol. The molecule has 0 spiro atoms. The van der Waals surface area contributed by atoms with Crippen molar-refractivity contribution in [3.05, 3.63) is 280 Å². The topological polar surface area (TPSA) is 88.6 Å². The highest BCUT2D eigenvalue weighted by Crippen LogP contribution is 2.31. The molecule has 8 aromatic carbocycles. The van der Waals surface area contributed by atoms with Gasteiger partial charge in [-0.05, 0) is 177 Å². The Morgan fingerprint density at radius 3 is 1.74 bits per heavy atom. The average Bonchev–Trinajstić information content (AvgIpc) is 2.68. The normalized spacial score (nSPS) is 11.6. The monoisotopic (exact) mass is 1310 g/mol. The molecule has 89 heavy (non-hydrogen) atoms. The number of anilines is 1. The largest absolute Gasteiger partial charge is 0.494 e. The Morgan fingerprint density at radius 2 is 1.20 bits per heavy atom. The Morgan fingerprint density at radius 1 is 0.629 bits per heavy atom. The molecule has 0 radical (unpaired) electrons. The maximum Gasteiger partial charge on any atom is 0.258 e. The summed E-state index contributed by atoms with van der Waals surface area (Å²) >= 11 is 14.6. The second kappa shape index (κ2) is 38.9. The number of rotatable bonds is 19. The lowest BCUT2D eigenvalue weighted by molar-refractivity contribution is 0.0861. The number of fused-ring (bicyclic) bond motifs is 1. The van der Waals surface area contributed by atoms with Crippen LogP contribution < -0.4 is 33.3 Å². The summed E-state index contributed by atoms with van der Waals surface area (Å²) in [7, 11) is 0. The number of halogens is 6. The third-order valence-electron chi connectivity index (χ3n) is 12.6. The van der Waals surface area contributed by atoms with E-state index in [1.165, 1.54) is 30.2 Å². The van der Waals surface area contributed by atoms with E-state index in [9.17, 15) is 18.0 Å². The summed E-state index contributed by atoms with van der Waals surface area (Å²) in [6.45, 7) is 20.7. The number of hydrogen-bond donors (Lipinski definition) is 0. The number of amides is 1. The van der Waals surface area contributed by atoms with Crippen LogP contribution in [0.1, 0.15) is 110 Å². The first-order valence-electron chi connectivity index (χ1n) is 29.1. The summed E-state index contributed by atoms with van der Waals surface area (Å²) in [4.78, 5) is 18.4. The number of carbonyl (C=O) groups excluding carboxylic acids is 1. The van der Waals surface area contributed by atoms with Gasteiger partial charge in [-0.2, -0.15) is 0 Å². The van der Waals surface area contributed by atoms with E-state index in [2.05, 4.69) is 53.5 Å². The molecule has 0 fully saturated rings. The van der Waals surface area contributed by atoms with Gasteiger partial charge in [-0.3, -0.25) is 4.79 Å². The molecule has 1 aliphatic heterocycles. The maximum absolute atomic E-state index is 12.7. The van der Waals surface area contributed by atoms with E-state index in [0.717, 1.165) is 67.6 Å². The summed E-state index contributed by atoms with van der Waals surface area (Å²) in [6.07, 6.45) is 1.45. The molecule has 2 unspecified atom stereocenters. The highest BCUT2D eigenvalue weighted by atomic mass is 79.9. The van der Waals surface area contributed by atoms with Crippen molar-refractivity contribution in [2.24, 2.45) is 0 Å². The van der Waals surface area contributed by atoms with E-state index in [-0.39, 0.29) is 12.0 Å². The fourth-order valence-electron chi connectivity index (χ4n) is 7.98. The summed E-state index contributed by atoms with van der Waals surface area (Å²) in [6, 6.07) is 64.2. The standard InChI is InChI=1S/C17H17NO.C15H17NO2.C14H13FO.C11H14O2.C9H10BrF.C8H7Cl2FO/c1-12(2)13-7-9-15(10-8-13)18-11-14-5-3-4-6-16(14)17(18)19;1-11(2)17-13-5-7-14(8-6-13)18-15-9-4-12(3)10-16-15;15-10-12-6-8-14(9-7-12)16-11-13-4-2-1-3-5-13;1-3-9-13-11-7-5-10(6-8-11)12-4-2;1-7(11)9-4-2-8(6-10)3-5-9;1-5(11)12-8-3-2-6(9)4-7(8)10/h3-10,12H,11H2,1-2H3;4-11H,1-3H3;1-9H,10-11H2;3,5-8H,1,4,9H2,2H3;2-5,7H,6H2,1H3;2-5H,1H3. The number of aromatic nitrogens is 1. The van der Waals surface area contributed by atoms with Crippen LogP contribution in [0.3, 0.4) is 0 Å². The van der Waals surface area contributed by atoms with Crippen molar-refractivity contribution in [1.82, 2.24) is 4.98 Å². The minimum Gasteiger partial charge on any atom is -0.494 e. The second-order valence-corrected chi connectivity index (χ2v) is 21.9. The van der Waals surface area contributed by atoms with Gasteiger partial charge in [-0.15, -0.1) is 0 Å². The zero-order valence-corrected chi connectivity index (χ0v) is 54.7. The van der Waals surface area contributed by atoms with Crippen LogP contribution >= 0.6 is 39.1 Å². The van der Waals surface area contributed by atoms with Crippen molar-refractivity contribution in [2.45, 2.75) is 105 Å². The number of benzene rings is 8. The van der Waals surface area contributed by atoms with Gasteiger partial charge in [0.25, 0.3) is 5.91 Å². The van der Waals surface area contributed by atoms with Gasteiger partial charge in [-0.25, -0.2) is 18.2 Å². The van der Waals surface area contributed by atoms with E-state index in [4.69, 9.17) is 51.6 Å². The molecular formula is C74H78BrCl2F3N2O7. The van der Waals surface area contributed by atoms with Gasteiger partial charge in [0.2, 0.25) is 12.2 Å². The van der Waals surface area contributed by atoms with E-state index >= 15 is 0 Å². The van der Waals surface area contributed by atoms with Crippen molar-refractivity contribution in [1.29, 1.82) is 0 Å². The number of hydrogen-bond acceptors (Lipinski definition) is 8. The van der Waals surface area contributed by atoms with Crippen molar-refractivity contribution in [3.8, 4) is 40.4 Å². The van der Waals surface area contributed by atoms with Crippen LogP contribution in [0.2, 0.25) is 10.0 Å². The Balaban J connectivity index is 0.000000197. The smallest absolute Gasteiger partial charge is 0.258 e. The van der Waals surface area contributed by atoms with Gasteiger partial charge in [0.05, 0.1) is 24.3 Å². The summed E-state index contributed by atoms with van der Waals surface area (Å²) < 4.78 is 69.4. The predicted octanol–water partition coefficient (Wildman–Crippen LogP) is 21.6. The molecule has 0 aliphatic carbocycles. The van der Waals surface area contributed by atoms with E-state index in [1.807, 2.05) is 184 Å². The van der Waals surface area contributed by atoms with Gasteiger partial charge < -0.3 is 33.3 Å². The van der Waals surface area contributed by atoms with E-state index in [1.54, 1.807) is 49.5 Å². The lowest BCUT2D eigenvalue weighted by Gasteiger charge is -2.16. The molecule has 2 atom stereocenters. The first-order chi connectivity index (χ1) is 42.9. The molecule has 0 saturated carbocycles. The first-order valence-corrected chi connectivity index (χ1v) is 31.0. The third kappa shape index (κ3) is 26.2. The lowest BCUT2D eigenvalue weighted by atomic mass is 10.0. The van der Waals surface area contributed by atoms with Crippen LogP contribution in [0.5, 0.6) is 40.4 Å². The van der Waals surface area contributed by atoms with Crippen molar-refractivity contribution < 1.29 is 46.4 Å². The summed E-state index contributed by atoms with van der Waals surface area (Å²) in [5.41, 5.74) is 9.05. The molecule has 1 aliphatic rings. The molecular weight excluding hydrogens is 1240 g/mol. The van der Waals surface area contributed by atoms with Gasteiger partial charge >= 0.3 is 0 Å². The van der Waals surface area contributed by atoms with Crippen molar-refractivity contribution in [3.63, 3.8) is 0 Å². The fraction of sp³-hybridized carbons (Fsp3) is 0.243. The highest BCUT2D eigenvalue weighted by molar-refractivity contribution is 9.08. The van der Waals surface area contributed by atoms with Crippen LogP contribution in [-0.4, -0.2) is 36.6 Å². The SMILES string of the molecule is C=CCOc1ccc(OCC)cc1.CC(C)c1ccc(N2Cc3ccccc3C2=O)cc1.CC(F)Oc1ccc(Cl)cc1Cl.CC(F)c1ccc(CBr)cc1.Cc1ccc(Oc2ccc(OC(C)C)cc2)nc1.FCc1ccc(OCc2ccccc2)cc1. The Labute approximate surface area is 542 Å². The number of nitrogens with zero attached hydrogens (tertiary/aromatic N) is 2.